The number of unbranched alkanes of at least 4 members (excludes halogenated alkanes) is 28. The Hall–Kier alpha value is -4.45. The maximum absolute atomic E-state index is 12.9. The Morgan fingerprint density at radius 2 is 0.476 bits per heavy atom. The van der Waals surface area contributed by atoms with Crippen molar-refractivity contribution in [3.05, 3.63) is 134 Å². The number of ether oxygens (including phenoxy) is 3. The fourth-order valence-electron chi connectivity index (χ4n) is 9.32. The van der Waals surface area contributed by atoms with Crippen LogP contribution in [0.25, 0.3) is 0 Å². The standard InChI is InChI=1S/C76H126O6/c1-4-7-10-13-16-19-22-25-28-29-30-31-32-33-34-35-36-37-38-39-40-41-42-43-44-45-46-47-49-51-54-57-60-63-66-69-75(78)81-72-73(71-80-74(77)68-65-62-59-56-53-50-27-24-21-18-15-12-9-6-3)82-76(79)70-67-64-61-58-55-52-48-26-23-20-17-14-11-8-5-2/h7-8,10-11,16-17,19-20,24-28,30-31,33-34,36-37,39-40,48,73H,4-6,9,12-15,18,21-23,29,32,35,38,41-47,49-72H2,1-3H3/b10-7-,11-8-,19-16-,20-17-,27-24-,28-25-,31-30-,34-33-,37-36-,40-39-,48-26-. The van der Waals surface area contributed by atoms with Crippen LogP contribution in [0.1, 0.15) is 310 Å². The number of rotatable bonds is 61. The first-order chi connectivity index (χ1) is 40.5. The Labute approximate surface area is 506 Å². The molecule has 0 saturated heterocycles. The summed E-state index contributed by atoms with van der Waals surface area (Å²) < 4.78 is 16.9. The molecule has 6 nitrogen and oxygen atoms in total. The summed E-state index contributed by atoms with van der Waals surface area (Å²) >= 11 is 0. The minimum atomic E-state index is -0.794. The zero-order valence-corrected chi connectivity index (χ0v) is 53.5. The van der Waals surface area contributed by atoms with Crippen molar-refractivity contribution in [1.82, 2.24) is 0 Å². The third-order valence-electron chi connectivity index (χ3n) is 14.4. The van der Waals surface area contributed by atoms with E-state index in [4.69, 9.17) is 14.2 Å². The second-order valence-electron chi connectivity index (χ2n) is 22.3. The van der Waals surface area contributed by atoms with Gasteiger partial charge in [0.1, 0.15) is 13.2 Å². The largest absolute Gasteiger partial charge is 0.462 e. The van der Waals surface area contributed by atoms with Gasteiger partial charge in [-0.05, 0) is 135 Å². The second-order valence-corrected chi connectivity index (χ2v) is 22.3. The number of carbonyl (C=O) groups is 3. The van der Waals surface area contributed by atoms with Gasteiger partial charge in [-0.25, -0.2) is 0 Å². The molecule has 0 aliphatic heterocycles. The van der Waals surface area contributed by atoms with E-state index in [0.29, 0.717) is 19.3 Å². The minimum absolute atomic E-state index is 0.0893. The summed E-state index contributed by atoms with van der Waals surface area (Å²) in [5.41, 5.74) is 0. The average Bonchev–Trinajstić information content (AvgIpc) is 3.48. The van der Waals surface area contributed by atoms with Gasteiger partial charge in [0.05, 0.1) is 0 Å². The van der Waals surface area contributed by atoms with Gasteiger partial charge in [-0.3, -0.25) is 14.4 Å². The molecule has 0 N–H and O–H groups in total. The van der Waals surface area contributed by atoms with Crippen LogP contribution in [0.15, 0.2) is 134 Å². The van der Waals surface area contributed by atoms with E-state index in [1.54, 1.807) is 0 Å². The molecule has 1 unspecified atom stereocenters. The minimum Gasteiger partial charge on any atom is -0.462 e. The van der Waals surface area contributed by atoms with E-state index < -0.39 is 6.10 Å². The molecule has 6 heteroatoms. The highest BCUT2D eigenvalue weighted by atomic mass is 16.6. The van der Waals surface area contributed by atoms with Crippen molar-refractivity contribution in [3.63, 3.8) is 0 Å². The van der Waals surface area contributed by atoms with Gasteiger partial charge in [0, 0.05) is 19.3 Å². The van der Waals surface area contributed by atoms with Crippen LogP contribution in [0.3, 0.4) is 0 Å². The fraction of sp³-hybridized carbons (Fsp3) is 0.671. The summed E-state index contributed by atoms with van der Waals surface area (Å²) in [6.07, 6.45) is 97.6. The Bertz CT molecular complexity index is 1730. The third-order valence-corrected chi connectivity index (χ3v) is 14.4. The highest BCUT2D eigenvalue weighted by Gasteiger charge is 2.19. The molecule has 0 spiro atoms. The van der Waals surface area contributed by atoms with Gasteiger partial charge in [-0.1, -0.05) is 289 Å². The molecular weight excluding hydrogens is 1010 g/mol. The maximum atomic E-state index is 12.9. The molecule has 0 amide bonds. The van der Waals surface area contributed by atoms with Crippen molar-refractivity contribution in [1.29, 1.82) is 0 Å². The smallest absolute Gasteiger partial charge is 0.306 e. The van der Waals surface area contributed by atoms with E-state index in [1.165, 1.54) is 122 Å². The van der Waals surface area contributed by atoms with Crippen LogP contribution >= 0.6 is 0 Å². The van der Waals surface area contributed by atoms with E-state index in [0.717, 1.165) is 148 Å². The van der Waals surface area contributed by atoms with Gasteiger partial charge in [0.15, 0.2) is 6.10 Å². The van der Waals surface area contributed by atoms with Crippen molar-refractivity contribution >= 4 is 17.9 Å². The summed E-state index contributed by atoms with van der Waals surface area (Å²) in [7, 11) is 0. The molecule has 0 aromatic heterocycles. The average molecular weight is 1140 g/mol. The normalized spacial score (nSPS) is 13.0. The first-order valence-corrected chi connectivity index (χ1v) is 34.2. The Morgan fingerprint density at radius 1 is 0.256 bits per heavy atom. The van der Waals surface area contributed by atoms with E-state index in [2.05, 4.69) is 154 Å². The summed E-state index contributed by atoms with van der Waals surface area (Å²) in [5, 5.41) is 0. The molecule has 0 saturated carbocycles. The lowest BCUT2D eigenvalue weighted by Crippen LogP contribution is -2.30. The van der Waals surface area contributed by atoms with Gasteiger partial charge < -0.3 is 14.2 Å². The summed E-state index contributed by atoms with van der Waals surface area (Å²) in [4.78, 5) is 38.3. The Balaban J connectivity index is 4.21. The van der Waals surface area contributed by atoms with Crippen LogP contribution in [-0.4, -0.2) is 37.2 Å². The Morgan fingerprint density at radius 3 is 0.756 bits per heavy atom. The second kappa shape index (κ2) is 69.0. The summed E-state index contributed by atoms with van der Waals surface area (Å²) in [6, 6.07) is 0. The zero-order valence-electron chi connectivity index (χ0n) is 53.5. The van der Waals surface area contributed by atoms with Crippen molar-refractivity contribution in [2.24, 2.45) is 0 Å². The summed E-state index contributed by atoms with van der Waals surface area (Å²) in [5.74, 6) is -0.910. The molecule has 0 aromatic rings. The van der Waals surface area contributed by atoms with Gasteiger partial charge in [0.25, 0.3) is 0 Å². The number of hydrogen-bond donors (Lipinski definition) is 0. The van der Waals surface area contributed by atoms with Gasteiger partial charge in [-0.2, -0.15) is 0 Å². The van der Waals surface area contributed by atoms with E-state index in [9.17, 15) is 14.4 Å². The molecule has 0 heterocycles. The first-order valence-electron chi connectivity index (χ1n) is 34.2. The van der Waals surface area contributed by atoms with E-state index in [1.807, 2.05) is 0 Å². The van der Waals surface area contributed by atoms with Crippen LogP contribution in [0, 0.1) is 0 Å². The van der Waals surface area contributed by atoms with Crippen molar-refractivity contribution < 1.29 is 28.6 Å². The molecule has 0 aliphatic rings. The topological polar surface area (TPSA) is 78.9 Å². The van der Waals surface area contributed by atoms with Crippen molar-refractivity contribution in [3.8, 4) is 0 Å². The van der Waals surface area contributed by atoms with E-state index in [-0.39, 0.29) is 31.1 Å². The maximum Gasteiger partial charge on any atom is 0.306 e. The quantitative estimate of drug-likeness (QED) is 0.0261. The SMILES string of the molecule is CC/C=C\C/C=C\C/C=C\C/C=C\C/C=C\C/C=C\C/C=C\CCCCCCCCCCCCCCCC(=O)OCC(COC(=O)CCCCCCC/C=C\CCCCCCC)OC(=O)CCCCCCC/C=C\C/C=C\C/C=C\CC. The van der Waals surface area contributed by atoms with Gasteiger partial charge in [-0.15, -0.1) is 0 Å². The number of allylic oxidation sites excluding steroid dienone is 22. The molecule has 0 aromatic carbocycles. The summed E-state index contributed by atoms with van der Waals surface area (Å²) in [6.45, 7) is 6.40. The van der Waals surface area contributed by atoms with Crippen LogP contribution in [-0.2, 0) is 28.6 Å². The zero-order chi connectivity index (χ0) is 59.2. The molecule has 0 aliphatic carbocycles. The highest BCUT2D eigenvalue weighted by molar-refractivity contribution is 5.71. The molecule has 1 atom stereocenters. The highest BCUT2D eigenvalue weighted by Crippen LogP contribution is 2.16. The molecule has 82 heavy (non-hydrogen) atoms. The van der Waals surface area contributed by atoms with E-state index >= 15 is 0 Å². The van der Waals surface area contributed by atoms with Crippen molar-refractivity contribution in [2.75, 3.05) is 13.2 Å². The third kappa shape index (κ3) is 66.4. The number of esters is 3. The van der Waals surface area contributed by atoms with Crippen LogP contribution in [0.4, 0.5) is 0 Å². The molecule has 0 fully saturated rings. The molecule has 0 bridgehead atoms. The van der Waals surface area contributed by atoms with Crippen LogP contribution < -0.4 is 0 Å². The monoisotopic (exact) mass is 1130 g/mol. The van der Waals surface area contributed by atoms with Crippen molar-refractivity contribution in [2.45, 2.75) is 316 Å². The number of hydrogen-bond acceptors (Lipinski definition) is 6. The predicted molar refractivity (Wildman–Crippen MR) is 357 cm³/mol. The van der Waals surface area contributed by atoms with Gasteiger partial charge >= 0.3 is 17.9 Å². The molecule has 0 rings (SSSR count). The molecule has 466 valence electrons. The van der Waals surface area contributed by atoms with Crippen LogP contribution in [0.2, 0.25) is 0 Å². The fourth-order valence-corrected chi connectivity index (χ4v) is 9.32. The van der Waals surface area contributed by atoms with Crippen LogP contribution in [0.5, 0.6) is 0 Å². The molecular formula is C76H126O6. The lowest BCUT2D eigenvalue weighted by molar-refractivity contribution is -0.167. The Kier molecular flexibility index (Phi) is 65.3. The lowest BCUT2D eigenvalue weighted by atomic mass is 10.0. The predicted octanol–water partition coefficient (Wildman–Crippen LogP) is 23.7. The molecule has 0 radical (unpaired) electrons. The lowest BCUT2D eigenvalue weighted by Gasteiger charge is -2.18. The van der Waals surface area contributed by atoms with Gasteiger partial charge in [0.2, 0.25) is 0 Å². The first kappa shape index (κ1) is 77.5. The number of carbonyl (C=O) groups excluding carboxylic acids is 3.